The Balaban J connectivity index is 1.47. The molecule has 2 aliphatic rings. The summed E-state index contributed by atoms with van der Waals surface area (Å²) in [5.74, 6) is -0.800. The predicted molar refractivity (Wildman–Crippen MR) is 205 cm³/mol. The molecule has 282 valence electrons. The topological polar surface area (TPSA) is 137 Å². The molecule has 2 aliphatic heterocycles. The lowest BCUT2D eigenvalue weighted by atomic mass is 9.84. The number of carbonyl (C=O) groups excluding carboxylic acids is 3. The van der Waals surface area contributed by atoms with Crippen molar-refractivity contribution in [2.24, 2.45) is 5.41 Å². The van der Waals surface area contributed by atoms with Crippen molar-refractivity contribution >= 4 is 40.2 Å². The van der Waals surface area contributed by atoms with E-state index in [-0.39, 0.29) is 31.6 Å². The number of pyridine rings is 1. The number of fused-ring (bicyclic) bond motifs is 6. The number of thiazole rings is 1. The Labute approximate surface area is 314 Å². The molecular formula is C40H50N6O6S. The number of ether oxygens (including phenoxy) is 3. The Kier molecular flexibility index (Phi) is 11.7. The van der Waals surface area contributed by atoms with Gasteiger partial charge < -0.3 is 24.1 Å². The minimum Gasteiger partial charge on any atom is -0.464 e. The van der Waals surface area contributed by atoms with Gasteiger partial charge in [0.25, 0.3) is 5.91 Å². The molecule has 53 heavy (non-hydrogen) atoms. The van der Waals surface area contributed by atoms with Crippen molar-refractivity contribution in [1.29, 1.82) is 0 Å². The number of rotatable bonds is 7. The average Bonchev–Trinajstić information content (AvgIpc) is 3.76. The molecule has 12 nitrogen and oxygen atoms in total. The number of esters is 1. The number of nitrogens with one attached hydrogen (secondary N) is 2. The Bertz CT molecular complexity index is 2020. The first-order valence-corrected chi connectivity index (χ1v) is 19.2. The molecule has 1 aromatic carbocycles. The van der Waals surface area contributed by atoms with Crippen LogP contribution in [0.1, 0.15) is 76.8 Å². The van der Waals surface area contributed by atoms with Gasteiger partial charge in [-0.2, -0.15) is 0 Å². The number of hydrogen-bond acceptors (Lipinski definition) is 10. The summed E-state index contributed by atoms with van der Waals surface area (Å²) in [6.45, 7) is 13.5. The molecule has 3 aromatic heterocycles. The van der Waals surface area contributed by atoms with Crippen LogP contribution >= 0.6 is 11.3 Å². The van der Waals surface area contributed by atoms with Crippen LogP contribution in [0.15, 0.2) is 53.6 Å². The Morgan fingerprint density at radius 2 is 2.08 bits per heavy atom. The van der Waals surface area contributed by atoms with E-state index in [0.717, 1.165) is 56.8 Å². The lowest BCUT2D eigenvalue weighted by molar-refractivity contribution is -0.155. The van der Waals surface area contributed by atoms with E-state index in [1.54, 1.807) is 13.3 Å². The molecule has 0 radical (unpaired) electrons. The third kappa shape index (κ3) is 8.32. The number of hydrazine groups is 1. The molecule has 6 rings (SSSR count). The summed E-state index contributed by atoms with van der Waals surface area (Å²) in [5, 5.41) is 7.94. The number of allylic oxidation sites excluding steroid dienone is 1. The van der Waals surface area contributed by atoms with Crippen LogP contribution in [0, 0.1) is 5.41 Å². The lowest BCUT2D eigenvalue weighted by Crippen LogP contribution is -2.60. The fraction of sp³-hybridized carbons (Fsp3) is 0.475. The molecule has 13 heteroatoms. The zero-order valence-corrected chi connectivity index (χ0v) is 32.5. The molecule has 5 heterocycles. The lowest BCUT2D eigenvalue weighted by Gasteiger charge is -2.35. The van der Waals surface area contributed by atoms with Crippen molar-refractivity contribution in [2.45, 2.75) is 92.0 Å². The summed E-state index contributed by atoms with van der Waals surface area (Å²) in [5.41, 5.74) is 10.3. The van der Waals surface area contributed by atoms with Crippen LogP contribution in [0.5, 0.6) is 0 Å². The summed E-state index contributed by atoms with van der Waals surface area (Å²) >= 11 is 1.43. The van der Waals surface area contributed by atoms with E-state index >= 15 is 0 Å². The second-order valence-corrected chi connectivity index (χ2v) is 15.6. The molecule has 3 atom stereocenters. The van der Waals surface area contributed by atoms with Crippen LogP contribution in [0.4, 0.5) is 4.79 Å². The number of benzene rings is 1. The van der Waals surface area contributed by atoms with Crippen molar-refractivity contribution < 1.29 is 28.6 Å². The first kappa shape index (κ1) is 38.1. The van der Waals surface area contributed by atoms with Gasteiger partial charge in [0.15, 0.2) is 0 Å². The van der Waals surface area contributed by atoms with Gasteiger partial charge in [-0.05, 0) is 82.4 Å². The largest absolute Gasteiger partial charge is 0.464 e. The Morgan fingerprint density at radius 3 is 2.83 bits per heavy atom. The van der Waals surface area contributed by atoms with Crippen LogP contribution < -0.4 is 10.7 Å². The summed E-state index contributed by atoms with van der Waals surface area (Å²) < 4.78 is 19.5. The highest BCUT2D eigenvalue weighted by atomic mass is 32.1. The SMILES string of the molecule is C/C=C(\C)COC(=O)N[C@H]1Cc2nc(cs2)-c2ccc3c(c2)c(c(-c2cccnc2[C@H](C)OC)n3CC)CC(C)(C)COC(=O)[C@@H]2CCCN(N2)C1=O. The number of nitrogens with zero attached hydrogens (tertiary/aromatic N) is 4. The molecule has 0 saturated carbocycles. The fourth-order valence-corrected chi connectivity index (χ4v) is 7.86. The highest BCUT2D eigenvalue weighted by Gasteiger charge is 2.36. The smallest absolute Gasteiger partial charge is 0.408 e. The molecule has 6 bridgehead atoms. The van der Waals surface area contributed by atoms with Gasteiger partial charge in [-0.3, -0.25) is 19.6 Å². The number of hydrogen-bond donors (Lipinski definition) is 2. The molecule has 4 aromatic rings. The number of amides is 2. The summed E-state index contributed by atoms with van der Waals surface area (Å²) in [6, 6.07) is 8.76. The number of aryl methyl sites for hydroxylation is 1. The molecule has 1 fully saturated rings. The van der Waals surface area contributed by atoms with Crippen LogP contribution in [0.25, 0.3) is 33.4 Å². The maximum absolute atomic E-state index is 14.0. The van der Waals surface area contributed by atoms with Gasteiger partial charge in [-0.15, -0.1) is 11.3 Å². The number of cyclic esters (lactones) is 1. The van der Waals surface area contributed by atoms with E-state index in [9.17, 15) is 14.4 Å². The predicted octanol–water partition coefficient (Wildman–Crippen LogP) is 6.78. The third-order valence-electron chi connectivity index (χ3n) is 10.1. The number of aromatic nitrogens is 3. The second-order valence-electron chi connectivity index (χ2n) is 14.6. The highest BCUT2D eigenvalue weighted by Crippen LogP contribution is 2.42. The van der Waals surface area contributed by atoms with Gasteiger partial charge in [0.1, 0.15) is 18.7 Å². The maximum atomic E-state index is 14.0. The van der Waals surface area contributed by atoms with E-state index in [0.29, 0.717) is 30.8 Å². The van der Waals surface area contributed by atoms with Gasteiger partial charge >= 0.3 is 12.1 Å². The summed E-state index contributed by atoms with van der Waals surface area (Å²) in [4.78, 5) is 50.3. The van der Waals surface area contributed by atoms with Gasteiger partial charge in [0.05, 0.1) is 34.8 Å². The summed E-state index contributed by atoms with van der Waals surface area (Å²) in [7, 11) is 1.69. The monoisotopic (exact) mass is 742 g/mol. The zero-order valence-electron chi connectivity index (χ0n) is 31.7. The maximum Gasteiger partial charge on any atom is 0.408 e. The first-order chi connectivity index (χ1) is 25.4. The molecule has 2 amide bonds. The number of methoxy groups -OCH3 is 1. The highest BCUT2D eigenvalue weighted by molar-refractivity contribution is 7.10. The normalized spacial score (nSPS) is 20.1. The molecule has 0 aliphatic carbocycles. The van der Waals surface area contributed by atoms with Gasteiger partial charge in [-0.25, -0.2) is 15.2 Å². The molecule has 2 N–H and O–H groups in total. The van der Waals surface area contributed by atoms with Crippen LogP contribution in [0.2, 0.25) is 0 Å². The van der Waals surface area contributed by atoms with Gasteiger partial charge in [0, 0.05) is 65.6 Å². The van der Waals surface area contributed by atoms with Crippen LogP contribution in [0.3, 0.4) is 0 Å². The van der Waals surface area contributed by atoms with Crippen molar-refractivity contribution in [3.05, 3.63) is 69.8 Å². The minimum atomic E-state index is -0.981. The Hall–Kier alpha value is -4.59. The quantitative estimate of drug-likeness (QED) is 0.155. The van der Waals surface area contributed by atoms with E-state index in [1.165, 1.54) is 16.3 Å². The minimum absolute atomic E-state index is 0.107. The standard InChI is InChI=1S/C40H50N6O6S/c1-8-24(3)21-51-39(49)43-31-19-34-42-32(22-53-34)26-14-15-33-28(18-26)29(36(45(33)9-2)27-12-10-16-41-35(27)25(4)50-7)20-40(5,6)23-52-38(48)30-13-11-17-46(44-30)37(31)47/h8,10,12,14-16,18,22,25,30-31,44H,9,11,13,17,19-21,23H2,1-7H3,(H,43,49)/b24-8+/t25-,30-,31-/m0/s1. The average molecular weight is 743 g/mol. The fourth-order valence-electron chi connectivity index (χ4n) is 7.01. The van der Waals surface area contributed by atoms with Crippen molar-refractivity contribution in [2.75, 3.05) is 26.9 Å². The van der Waals surface area contributed by atoms with Crippen LogP contribution in [-0.2, 0) is 43.2 Å². The molecule has 0 unspecified atom stereocenters. The van der Waals surface area contributed by atoms with Crippen molar-refractivity contribution in [3.63, 3.8) is 0 Å². The van der Waals surface area contributed by atoms with E-state index in [2.05, 4.69) is 60.3 Å². The summed E-state index contributed by atoms with van der Waals surface area (Å²) in [6.07, 6.45) is 4.59. The van der Waals surface area contributed by atoms with E-state index < -0.39 is 29.6 Å². The van der Waals surface area contributed by atoms with E-state index in [1.807, 2.05) is 38.3 Å². The third-order valence-corrected chi connectivity index (χ3v) is 10.9. The van der Waals surface area contributed by atoms with E-state index in [4.69, 9.17) is 24.2 Å². The number of carbonyl (C=O) groups is 3. The Morgan fingerprint density at radius 1 is 1.26 bits per heavy atom. The van der Waals surface area contributed by atoms with Crippen molar-refractivity contribution in [3.8, 4) is 22.5 Å². The van der Waals surface area contributed by atoms with Crippen molar-refractivity contribution in [1.82, 2.24) is 30.3 Å². The van der Waals surface area contributed by atoms with Gasteiger partial charge in [0.2, 0.25) is 0 Å². The number of alkyl carbamates (subject to hydrolysis) is 1. The first-order valence-electron chi connectivity index (χ1n) is 18.3. The van der Waals surface area contributed by atoms with Gasteiger partial charge in [-0.1, -0.05) is 26.0 Å². The molecule has 0 spiro atoms. The van der Waals surface area contributed by atoms with Crippen LogP contribution in [-0.4, -0.2) is 76.5 Å². The second kappa shape index (κ2) is 16.2. The zero-order chi connectivity index (χ0) is 37.9. The molecular weight excluding hydrogens is 693 g/mol. The molecule has 1 saturated heterocycles.